The third-order valence-corrected chi connectivity index (χ3v) is 4.41. The molecule has 10 heteroatoms. The number of sulfonamides is 1. The minimum atomic E-state index is -3.87. The molecule has 0 atom stereocenters. The molecule has 112 valence electrons. The van der Waals surface area contributed by atoms with Gasteiger partial charge in [-0.2, -0.15) is 0 Å². The van der Waals surface area contributed by atoms with Crippen LogP contribution in [-0.2, 0) is 21.2 Å². The fourth-order valence-corrected chi connectivity index (χ4v) is 2.81. The number of benzene rings is 1. The maximum Gasteiger partial charge on any atom is 0.238 e. The fourth-order valence-electron chi connectivity index (χ4n) is 1.54. The number of halogens is 1. The van der Waals surface area contributed by atoms with Gasteiger partial charge in [0.1, 0.15) is 0 Å². The number of primary sulfonamides is 1. The van der Waals surface area contributed by atoms with Gasteiger partial charge < -0.3 is 11.1 Å². The van der Waals surface area contributed by atoms with Crippen molar-refractivity contribution in [2.24, 2.45) is 5.14 Å². The number of nitrogens with zero attached hydrogens (tertiary/aromatic N) is 1. The Labute approximate surface area is 130 Å². The van der Waals surface area contributed by atoms with Gasteiger partial charge in [-0.3, -0.25) is 4.79 Å². The Kier molecular flexibility index (Phi) is 4.47. The number of nitrogens with one attached hydrogen (secondary N) is 1. The van der Waals surface area contributed by atoms with Crippen molar-refractivity contribution in [3.8, 4) is 0 Å². The summed E-state index contributed by atoms with van der Waals surface area (Å²) in [6.07, 6.45) is 0.00360. The lowest BCUT2D eigenvalue weighted by Crippen LogP contribution is -2.16. The number of thiazole rings is 1. The van der Waals surface area contributed by atoms with Crippen LogP contribution in [0.3, 0.4) is 0 Å². The Morgan fingerprint density at radius 3 is 2.71 bits per heavy atom. The quantitative estimate of drug-likeness (QED) is 0.766. The standard InChI is InChI=1S/C11H11ClN4O3S2/c12-8-2-1-7(21(14,18)19)4-9(8)16-10(17)3-6-5-20-11(13)15-6/h1-2,4-5H,3H2,(H2,13,15)(H,16,17)(H2,14,18,19). The number of amides is 1. The van der Waals surface area contributed by atoms with E-state index in [9.17, 15) is 13.2 Å². The van der Waals surface area contributed by atoms with E-state index in [-0.39, 0.29) is 22.0 Å². The number of hydrogen-bond acceptors (Lipinski definition) is 6. The highest BCUT2D eigenvalue weighted by atomic mass is 35.5. The van der Waals surface area contributed by atoms with Crippen molar-refractivity contribution >= 4 is 49.7 Å². The van der Waals surface area contributed by atoms with Gasteiger partial charge in [0.15, 0.2) is 5.13 Å². The molecular formula is C11H11ClN4O3S2. The van der Waals surface area contributed by atoms with E-state index in [0.717, 1.165) is 0 Å². The minimum Gasteiger partial charge on any atom is -0.375 e. The van der Waals surface area contributed by atoms with Gasteiger partial charge in [-0.25, -0.2) is 18.5 Å². The number of aromatic nitrogens is 1. The minimum absolute atomic E-state index is 0.00360. The molecule has 5 N–H and O–H groups in total. The first kappa shape index (κ1) is 15.7. The van der Waals surface area contributed by atoms with Crippen LogP contribution in [0.4, 0.5) is 10.8 Å². The second kappa shape index (κ2) is 5.98. The molecule has 0 saturated carbocycles. The average Bonchev–Trinajstić information content (AvgIpc) is 2.76. The SMILES string of the molecule is Nc1nc(CC(=O)Nc2cc(S(N)(=O)=O)ccc2Cl)cs1. The molecule has 21 heavy (non-hydrogen) atoms. The number of carbonyl (C=O) groups is 1. The second-order valence-corrected chi connectivity index (χ2v) is 6.95. The molecule has 0 aliphatic heterocycles. The molecule has 2 aromatic rings. The van der Waals surface area contributed by atoms with Crippen LogP contribution in [0, 0.1) is 0 Å². The van der Waals surface area contributed by atoms with Crippen molar-refractivity contribution in [2.75, 3.05) is 11.1 Å². The first-order valence-corrected chi connectivity index (χ1v) is 8.38. The summed E-state index contributed by atoms with van der Waals surface area (Å²) in [6.45, 7) is 0. The molecular weight excluding hydrogens is 336 g/mol. The van der Waals surface area contributed by atoms with Gasteiger partial charge in [-0.1, -0.05) is 11.6 Å². The molecule has 1 aromatic heterocycles. The van der Waals surface area contributed by atoms with E-state index in [4.69, 9.17) is 22.5 Å². The highest BCUT2D eigenvalue weighted by Gasteiger charge is 2.13. The Morgan fingerprint density at radius 2 is 2.14 bits per heavy atom. The van der Waals surface area contributed by atoms with Crippen molar-refractivity contribution in [1.82, 2.24) is 4.98 Å². The lowest BCUT2D eigenvalue weighted by molar-refractivity contribution is -0.115. The molecule has 1 aromatic carbocycles. The number of carbonyl (C=O) groups excluding carboxylic acids is 1. The molecule has 0 unspecified atom stereocenters. The van der Waals surface area contributed by atoms with Crippen LogP contribution in [0.15, 0.2) is 28.5 Å². The molecule has 2 rings (SSSR count). The number of nitrogens with two attached hydrogens (primary N) is 2. The maximum atomic E-state index is 11.9. The van der Waals surface area contributed by atoms with E-state index in [0.29, 0.717) is 10.8 Å². The highest BCUT2D eigenvalue weighted by molar-refractivity contribution is 7.89. The van der Waals surface area contributed by atoms with E-state index in [1.165, 1.54) is 29.5 Å². The molecule has 0 aliphatic rings. The smallest absolute Gasteiger partial charge is 0.238 e. The lowest BCUT2D eigenvalue weighted by Gasteiger charge is -2.08. The number of anilines is 2. The zero-order valence-corrected chi connectivity index (χ0v) is 12.9. The van der Waals surface area contributed by atoms with Gasteiger partial charge in [-0.05, 0) is 18.2 Å². The Morgan fingerprint density at radius 1 is 1.43 bits per heavy atom. The summed E-state index contributed by atoms with van der Waals surface area (Å²) in [5.41, 5.74) is 6.16. The van der Waals surface area contributed by atoms with Gasteiger partial charge in [0.25, 0.3) is 0 Å². The monoisotopic (exact) mass is 346 g/mol. The average molecular weight is 347 g/mol. The predicted molar refractivity (Wildman–Crippen MR) is 81.7 cm³/mol. The van der Waals surface area contributed by atoms with Gasteiger partial charge in [0, 0.05) is 5.38 Å². The van der Waals surface area contributed by atoms with Crippen molar-refractivity contribution in [3.05, 3.63) is 34.3 Å². The Bertz CT molecular complexity index is 789. The van der Waals surface area contributed by atoms with Gasteiger partial charge in [0.05, 0.1) is 27.7 Å². The molecule has 0 saturated heterocycles. The van der Waals surface area contributed by atoms with Crippen LogP contribution in [-0.4, -0.2) is 19.3 Å². The predicted octanol–water partition coefficient (Wildman–Crippen LogP) is 1.21. The molecule has 0 bridgehead atoms. The molecule has 0 spiro atoms. The topological polar surface area (TPSA) is 128 Å². The number of nitrogen functional groups attached to an aromatic ring is 1. The van der Waals surface area contributed by atoms with Crippen LogP contribution in [0.5, 0.6) is 0 Å². The van der Waals surface area contributed by atoms with Gasteiger partial charge >= 0.3 is 0 Å². The third kappa shape index (κ3) is 4.14. The van der Waals surface area contributed by atoms with Crippen molar-refractivity contribution < 1.29 is 13.2 Å². The molecule has 7 nitrogen and oxygen atoms in total. The Hall–Kier alpha value is -1.68. The van der Waals surface area contributed by atoms with Crippen LogP contribution in [0.25, 0.3) is 0 Å². The first-order chi connectivity index (χ1) is 9.75. The van der Waals surface area contributed by atoms with Crippen LogP contribution >= 0.6 is 22.9 Å². The van der Waals surface area contributed by atoms with Gasteiger partial charge in [0.2, 0.25) is 15.9 Å². The molecule has 0 radical (unpaired) electrons. The largest absolute Gasteiger partial charge is 0.375 e. The summed E-state index contributed by atoms with van der Waals surface area (Å²) >= 11 is 7.14. The van der Waals surface area contributed by atoms with Crippen molar-refractivity contribution in [2.45, 2.75) is 11.3 Å². The molecule has 0 fully saturated rings. The third-order valence-electron chi connectivity index (χ3n) is 2.45. The van der Waals surface area contributed by atoms with E-state index in [2.05, 4.69) is 10.3 Å². The van der Waals surface area contributed by atoms with E-state index in [1.807, 2.05) is 0 Å². The fraction of sp³-hybridized carbons (Fsp3) is 0.0909. The van der Waals surface area contributed by atoms with E-state index < -0.39 is 15.9 Å². The van der Waals surface area contributed by atoms with E-state index in [1.54, 1.807) is 5.38 Å². The van der Waals surface area contributed by atoms with Crippen LogP contribution in [0.2, 0.25) is 5.02 Å². The Balaban J connectivity index is 2.17. The number of hydrogen-bond donors (Lipinski definition) is 3. The summed E-state index contributed by atoms with van der Waals surface area (Å²) in [6, 6.07) is 3.80. The van der Waals surface area contributed by atoms with E-state index >= 15 is 0 Å². The van der Waals surface area contributed by atoms with Crippen molar-refractivity contribution in [3.63, 3.8) is 0 Å². The molecule has 1 heterocycles. The second-order valence-electron chi connectivity index (χ2n) is 4.09. The van der Waals surface area contributed by atoms with Crippen LogP contribution in [0.1, 0.15) is 5.69 Å². The lowest BCUT2D eigenvalue weighted by atomic mass is 10.3. The van der Waals surface area contributed by atoms with Gasteiger partial charge in [-0.15, -0.1) is 11.3 Å². The summed E-state index contributed by atoms with van der Waals surface area (Å²) in [5.74, 6) is -0.395. The van der Waals surface area contributed by atoms with Crippen molar-refractivity contribution in [1.29, 1.82) is 0 Å². The molecule has 1 amide bonds. The summed E-state index contributed by atoms with van der Waals surface area (Å²) in [5, 5.41) is 9.77. The molecule has 0 aliphatic carbocycles. The number of rotatable bonds is 4. The first-order valence-electron chi connectivity index (χ1n) is 5.58. The zero-order chi connectivity index (χ0) is 15.6. The summed E-state index contributed by atoms with van der Waals surface area (Å²) < 4.78 is 22.6. The van der Waals surface area contributed by atoms with Crippen LogP contribution < -0.4 is 16.2 Å². The summed E-state index contributed by atoms with van der Waals surface area (Å²) in [7, 11) is -3.87. The normalized spacial score (nSPS) is 11.3. The zero-order valence-electron chi connectivity index (χ0n) is 10.5. The highest BCUT2D eigenvalue weighted by Crippen LogP contribution is 2.25. The maximum absolute atomic E-state index is 11.9. The summed E-state index contributed by atoms with van der Waals surface area (Å²) in [4.78, 5) is 15.7.